The van der Waals surface area contributed by atoms with E-state index in [4.69, 9.17) is 18.9 Å². The van der Waals surface area contributed by atoms with Crippen LogP contribution >= 0.6 is 15.9 Å². The summed E-state index contributed by atoms with van der Waals surface area (Å²) in [5, 5.41) is 5.83. The Kier molecular flexibility index (Phi) is 4.32. The van der Waals surface area contributed by atoms with Crippen LogP contribution in [0.15, 0.2) is 85.5 Å². The molecule has 0 spiro atoms. The molecule has 156 valence electrons. The van der Waals surface area contributed by atoms with Gasteiger partial charge in [0.15, 0.2) is 17.3 Å². The minimum absolute atomic E-state index is 0.191. The van der Waals surface area contributed by atoms with Crippen LogP contribution in [-0.2, 0) is 0 Å². The van der Waals surface area contributed by atoms with Gasteiger partial charge in [-0.05, 0) is 60.2 Å². The van der Waals surface area contributed by atoms with Crippen molar-refractivity contribution < 1.29 is 13.9 Å². The molecule has 2 aromatic heterocycles. The van der Waals surface area contributed by atoms with E-state index in [2.05, 4.69) is 21.0 Å². The smallest absolute Gasteiger partial charge is 0.282 e. The summed E-state index contributed by atoms with van der Waals surface area (Å²) in [5.41, 5.74) is 1.73. The van der Waals surface area contributed by atoms with Gasteiger partial charge in [0.05, 0.1) is 17.1 Å². The summed E-state index contributed by atoms with van der Waals surface area (Å²) in [6, 6.07) is 20.2. The molecule has 32 heavy (non-hydrogen) atoms. The third-order valence-corrected chi connectivity index (χ3v) is 5.66. The van der Waals surface area contributed by atoms with Crippen molar-refractivity contribution in [2.24, 2.45) is 5.10 Å². The number of ether oxygens (including phenoxy) is 2. The maximum Gasteiger partial charge on any atom is 0.282 e. The topological polar surface area (TPSA) is 78.9 Å². The number of nitrogens with zero attached hydrogens (tertiary/aromatic N) is 3. The molecule has 3 heterocycles. The average Bonchev–Trinajstić information content (AvgIpc) is 3.44. The second kappa shape index (κ2) is 7.35. The lowest BCUT2D eigenvalue weighted by Gasteiger charge is -2.07. The molecule has 8 heteroatoms. The number of halogens is 1. The summed E-state index contributed by atoms with van der Waals surface area (Å²) in [7, 11) is 0. The number of hydrogen-bond acceptors (Lipinski definition) is 6. The molecule has 0 atom stereocenters. The van der Waals surface area contributed by atoms with Crippen molar-refractivity contribution in [1.82, 2.24) is 9.66 Å². The number of para-hydroxylation sites is 1. The van der Waals surface area contributed by atoms with Crippen molar-refractivity contribution in [2.45, 2.75) is 0 Å². The van der Waals surface area contributed by atoms with Crippen molar-refractivity contribution in [3.8, 4) is 23.1 Å². The molecule has 0 unspecified atom stereocenters. The first-order valence-corrected chi connectivity index (χ1v) is 10.6. The molecule has 0 fully saturated rings. The average molecular weight is 488 g/mol. The Hall–Kier alpha value is -3.91. The molecule has 1 aliphatic heterocycles. The van der Waals surface area contributed by atoms with Gasteiger partial charge in [-0.2, -0.15) is 9.78 Å². The Balaban J connectivity index is 1.54. The molecule has 0 bridgehead atoms. The van der Waals surface area contributed by atoms with Gasteiger partial charge in [0.2, 0.25) is 12.6 Å². The van der Waals surface area contributed by atoms with Gasteiger partial charge in [-0.15, -0.1) is 0 Å². The summed E-state index contributed by atoms with van der Waals surface area (Å²) >= 11 is 3.47. The fourth-order valence-corrected chi connectivity index (χ4v) is 4.01. The Morgan fingerprint density at radius 3 is 2.81 bits per heavy atom. The Bertz CT molecular complexity index is 1600. The molecule has 0 N–H and O–H groups in total. The standard InChI is InChI=1S/C24H14BrN3O4/c25-16-6-8-19-15(10-16)11-22(32-19)23-27-18-4-2-1-3-17(18)24(29)28(23)26-12-14-5-7-20-21(9-14)31-13-30-20/h1-12H,13H2. The van der Waals surface area contributed by atoms with Crippen molar-refractivity contribution >= 4 is 44.0 Å². The van der Waals surface area contributed by atoms with Gasteiger partial charge in [0.1, 0.15) is 5.58 Å². The van der Waals surface area contributed by atoms with Crippen molar-refractivity contribution in [3.05, 3.63) is 87.1 Å². The molecule has 0 saturated heterocycles. The Morgan fingerprint density at radius 2 is 1.88 bits per heavy atom. The van der Waals surface area contributed by atoms with Crippen LogP contribution in [0, 0.1) is 0 Å². The highest BCUT2D eigenvalue weighted by molar-refractivity contribution is 9.10. The van der Waals surface area contributed by atoms with E-state index in [9.17, 15) is 4.79 Å². The van der Waals surface area contributed by atoms with E-state index in [1.807, 2.05) is 48.5 Å². The van der Waals surface area contributed by atoms with Crippen LogP contribution in [0.2, 0.25) is 0 Å². The fourth-order valence-electron chi connectivity index (χ4n) is 3.63. The molecule has 0 radical (unpaired) electrons. The first kappa shape index (κ1) is 18.8. The second-order valence-electron chi connectivity index (χ2n) is 7.22. The van der Waals surface area contributed by atoms with Gasteiger partial charge in [-0.1, -0.05) is 28.1 Å². The molecule has 5 aromatic rings. The van der Waals surface area contributed by atoms with Crippen LogP contribution in [0.25, 0.3) is 33.5 Å². The molecule has 7 nitrogen and oxygen atoms in total. The number of fused-ring (bicyclic) bond motifs is 3. The number of hydrogen-bond donors (Lipinski definition) is 0. The van der Waals surface area contributed by atoms with E-state index in [0.717, 1.165) is 15.4 Å². The third-order valence-electron chi connectivity index (χ3n) is 5.17. The minimum Gasteiger partial charge on any atom is -0.454 e. The number of benzene rings is 3. The molecular formula is C24H14BrN3O4. The second-order valence-corrected chi connectivity index (χ2v) is 8.14. The minimum atomic E-state index is -0.288. The normalized spacial score (nSPS) is 12.9. The molecule has 0 aliphatic carbocycles. The molecule has 0 saturated carbocycles. The predicted molar refractivity (Wildman–Crippen MR) is 124 cm³/mol. The van der Waals surface area contributed by atoms with Crippen molar-refractivity contribution in [1.29, 1.82) is 0 Å². The summed E-state index contributed by atoms with van der Waals surface area (Å²) in [5.74, 6) is 2.09. The largest absolute Gasteiger partial charge is 0.454 e. The highest BCUT2D eigenvalue weighted by atomic mass is 79.9. The summed E-state index contributed by atoms with van der Waals surface area (Å²) < 4.78 is 19.0. The summed E-state index contributed by atoms with van der Waals surface area (Å²) in [4.78, 5) is 18.0. The molecule has 1 aliphatic rings. The first-order chi connectivity index (χ1) is 15.7. The molecule has 0 amide bonds. The van der Waals surface area contributed by atoms with Gasteiger partial charge < -0.3 is 13.9 Å². The molecular weight excluding hydrogens is 474 g/mol. The third kappa shape index (κ3) is 3.16. The van der Waals surface area contributed by atoms with Crippen molar-refractivity contribution in [2.75, 3.05) is 6.79 Å². The molecule has 3 aromatic carbocycles. The van der Waals surface area contributed by atoms with Crippen molar-refractivity contribution in [3.63, 3.8) is 0 Å². The van der Waals surface area contributed by atoms with Gasteiger partial charge in [0, 0.05) is 9.86 Å². The first-order valence-electron chi connectivity index (χ1n) is 9.81. The summed E-state index contributed by atoms with van der Waals surface area (Å²) in [6.07, 6.45) is 1.59. The number of rotatable bonds is 3. The lowest BCUT2D eigenvalue weighted by Crippen LogP contribution is -2.20. The van der Waals surface area contributed by atoms with Crippen LogP contribution in [0.5, 0.6) is 11.5 Å². The zero-order valence-electron chi connectivity index (χ0n) is 16.5. The highest BCUT2D eigenvalue weighted by Gasteiger charge is 2.17. The highest BCUT2D eigenvalue weighted by Crippen LogP contribution is 2.32. The molecule has 6 rings (SSSR count). The zero-order chi connectivity index (χ0) is 21.7. The van der Waals surface area contributed by atoms with E-state index in [-0.39, 0.29) is 12.4 Å². The summed E-state index contributed by atoms with van der Waals surface area (Å²) in [6.45, 7) is 0.191. The van der Waals surface area contributed by atoms with E-state index in [1.54, 1.807) is 24.4 Å². The Morgan fingerprint density at radius 1 is 1.00 bits per heavy atom. The quantitative estimate of drug-likeness (QED) is 0.327. The predicted octanol–water partition coefficient (Wildman–Crippen LogP) is 5.18. The monoisotopic (exact) mass is 487 g/mol. The fraction of sp³-hybridized carbons (Fsp3) is 0.0417. The van der Waals surface area contributed by atoms with E-state index in [1.165, 1.54) is 4.68 Å². The SMILES string of the molecule is O=c1c2ccccc2nc(-c2cc3cc(Br)ccc3o2)n1N=Cc1ccc2c(c1)OCO2. The van der Waals surface area contributed by atoms with Crippen LogP contribution in [0.3, 0.4) is 0 Å². The van der Waals surface area contributed by atoms with Gasteiger partial charge in [0.25, 0.3) is 5.56 Å². The van der Waals surface area contributed by atoms with Gasteiger partial charge in [-0.25, -0.2) is 4.98 Å². The Labute approximate surface area is 189 Å². The van der Waals surface area contributed by atoms with Crippen LogP contribution in [0.4, 0.5) is 0 Å². The zero-order valence-corrected chi connectivity index (χ0v) is 18.1. The maximum atomic E-state index is 13.3. The van der Waals surface area contributed by atoms with Gasteiger partial charge in [-0.3, -0.25) is 4.79 Å². The maximum absolute atomic E-state index is 13.3. The number of aromatic nitrogens is 2. The van der Waals surface area contributed by atoms with E-state index >= 15 is 0 Å². The lowest BCUT2D eigenvalue weighted by molar-refractivity contribution is 0.174. The van der Waals surface area contributed by atoms with Gasteiger partial charge >= 0.3 is 0 Å². The van der Waals surface area contributed by atoms with Crippen LogP contribution in [0.1, 0.15) is 5.56 Å². The van der Waals surface area contributed by atoms with E-state index < -0.39 is 0 Å². The lowest BCUT2D eigenvalue weighted by atomic mass is 10.2. The van der Waals surface area contributed by atoms with Crippen LogP contribution < -0.4 is 15.0 Å². The van der Waals surface area contributed by atoms with Crippen LogP contribution in [-0.4, -0.2) is 22.7 Å². The number of furan rings is 1. The van der Waals surface area contributed by atoms with E-state index in [0.29, 0.717) is 39.6 Å².